The fourth-order valence-corrected chi connectivity index (χ4v) is 4.22. The molecule has 0 saturated carbocycles. The zero-order valence-corrected chi connectivity index (χ0v) is 15.5. The molecular formula is C18H35N3O2. The van der Waals surface area contributed by atoms with Crippen molar-refractivity contribution in [1.82, 2.24) is 15.1 Å². The molecule has 0 bridgehead atoms. The number of morpholine rings is 1. The Morgan fingerprint density at radius 1 is 1.22 bits per heavy atom. The Morgan fingerprint density at radius 2 is 1.87 bits per heavy atom. The Balaban J connectivity index is 2.06. The van der Waals surface area contributed by atoms with Crippen molar-refractivity contribution < 1.29 is 9.53 Å². The summed E-state index contributed by atoms with van der Waals surface area (Å²) in [5, 5.41) is 3.26. The molecule has 134 valence electrons. The van der Waals surface area contributed by atoms with E-state index in [-0.39, 0.29) is 18.2 Å². The minimum Gasteiger partial charge on any atom is -0.373 e. The van der Waals surface area contributed by atoms with Gasteiger partial charge >= 0.3 is 0 Å². The maximum atomic E-state index is 13.2. The molecule has 23 heavy (non-hydrogen) atoms. The van der Waals surface area contributed by atoms with Gasteiger partial charge in [0, 0.05) is 26.2 Å². The van der Waals surface area contributed by atoms with Crippen molar-refractivity contribution in [3.8, 4) is 0 Å². The molecule has 1 N–H and O–H groups in total. The molecule has 2 aliphatic rings. The predicted molar refractivity (Wildman–Crippen MR) is 93.4 cm³/mol. The molecule has 2 saturated heterocycles. The summed E-state index contributed by atoms with van der Waals surface area (Å²) in [5.74, 6) is 1.24. The van der Waals surface area contributed by atoms with E-state index in [2.05, 4.69) is 42.8 Å². The number of ether oxygens (including phenoxy) is 1. The van der Waals surface area contributed by atoms with Crippen LogP contribution in [0.15, 0.2) is 0 Å². The van der Waals surface area contributed by atoms with Crippen LogP contribution >= 0.6 is 0 Å². The van der Waals surface area contributed by atoms with Crippen molar-refractivity contribution in [3.63, 3.8) is 0 Å². The number of likely N-dealkylation sites (tertiary alicyclic amines) is 1. The van der Waals surface area contributed by atoms with E-state index in [1.807, 2.05) is 7.05 Å². The van der Waals surface area contributed by atoms with Crippen LogP contribution in [0.2, 0.25) is 0 Å². The molecule has 0 aromatic carbocycles. The van der Waals surface area contributed by atoms with Crippen molar-refractivity contribution >= 4 is 5.91 Å². The van der Waals surface area contributed by atoms with E-state index in [0.717, 1.165) is 39.1 Å². The number of hydrogen-bond acceptors (Lipinski definition) is 4. The van der Waals surface area contributed by atoms with E-state index in [1.54, 1.807) is 0 Å². The lowest BCUT2D eigenvalue weighted by Gasteiger charge is -2.44. The summed E-state index contributed by atoms with van der Waals surface area (Å²) in [4.78, 5) is 17.7. The summed E-state index contributed by atoms with van der Waals surface area (Å²) in [6.45, 7) is 13.1. The second kappa shape index (κ2) is 8.45. The summed E-state index contributed by atoms with van der Waals surface area (Å²) in [6, 6.07) is -0.0165. The van der Waals surface area contributed by atoms with E-state index >= 15 is 0 Å². The number of carbonyl (C=O) groups excluding carboxylic acids is 1. The van der Waals surface area contributed by atoms with Gasteiger partial charge in [0.15, 0.2) is 0 Å². The molecule has 2 fully saturated rings. The quantitative estimate of drug-likeness (QED) is 0.833. The molecule has 2 rings (SSSR count). The fourth-order valence-electron chi connectivity index (χ4n) is 4.22. The Hall–Kier alpha value is -0.650. The molecule has 0 radical (unpaired) electrons. The van der Waals surface area contributed by atoms with Gasteiger partial charge in [0.05, 0.1) is 18.2 Å². The molecule has 0 spiro atoms. The van der Waals surface area contributed by atoms with E-state index in [4.69, 9.17) is 4.74 Å². The average Bonchev–Trinajstić information content (AvgIpc) is 2.46. The molecule has 5 heteroatoms. The van der Waals surface area contributed by atoms with Crippen molar-refractivity contribution in [2.45, 2.75) is 58.8 Å². The first-order valence-electron chi connectivity index (χ1n) is 9.25. The molecule has 0 aromatic heterocycles. The summed E-state index contributed by atoms with van der Waals surface area (Å²) in [6.07, 6.45) is 2.75. The van der Waals surface area contributed by atoms with Crippen LogP contribution in [-0.4, -0.2) is 73.7 Å². The molecule has 5 nitrogen and oxygen atoms in total. The highest BCUT2D eigenvalue weighted by molar-refractivity contribution is 5.82. The first-order chi connectivity index (χ1) is 10.9. The number of amides is 1. The smallest absolute Gasteiger partial charge is 0.240 e. The van der Waals surface area contributed by atoms with Crippen LogP contribution in [0.1, 0.15) is 40.5 Å². The highest BCUT2D eigenvalue weighted by Gasteiger charge is 2.37. The maximum Gasteiger partial charge on any atom is 0.240 e. The van der Waals surface area contributed by atoms with Crippen molar-refractivity contribution in [2.75, 3.05) is 39.8 Å². The van der Waals surface area contributed by atoms with Crippen LogP contribution in [0, 0.1) is 11.8 Å². The Kier molecular flexibility index (Phi) is 6.86. The summed E-state index contributed by atoms with van der Waals surface area (Å²) in [5.41, 5.74) is 0. The molecule has 4 unspecified atom stereocenters. The lowest BCUT2D eigenvalue weighted by molar-refractivity contribution is -0.147. The van der Waals surface area contributed by atoms with Gasteiger partial charge in [0.25, 0.3) is 0 Å². The highest BCUT2D eigenvalue weighted by Crippen LogP contribution is 2.23. The van der Waals surface area contributed by atoms with Crippen LogP contribution in [0.5, 0.6) is 0 Å². The maximum absolute atomic E-state index is 13.2. The third-order valence-corrected chi connectivity index (χ3v) is 5.05. The Bertz CT molecular complexity index is 376. The molecular weight excluding hydrogens is 290 g/mol. The molecule has 2 aliphatic heterocycles. The summed E-state index contributed by atoms with van der Waals surface area (Å²) < 4.78 is 5.85. The van der Waals surface area contributed by atoms with Crippen LogP contribution < -0.4 is 5.32 Å². The largest absolute Gasteiger partial charge is 0.373 e. The minimum atomic E-state index is -0.0165. The number of carbonyl (C=O) groups is 1. The van der Waals surface area contributed by atoms with E-state index in [1.165, 1.54) is 6.42 Å². The first kappa shape index (κ1) is 18.7. The van der Waals surface area contributed by atoms with Gasteiger partial charge in [0.2, 0.25) is 5.91 Å². The van der Waals surface area contributed by atoms with Gasteiger partial charge in [-0.1, -0.05) is 13.8 Å². The number of nitrogens with one attached hydrogen (secondary N) is 1. The average molecular weight is 325 g/mol. The summed E-state index contributed by atoms with van der Waals surface area (Å²) >= 11 is 0. The number of rotatable bonds is 5. The molecule has 4 atom stereocenters. The van der Waals surface area contributed by atoms with Gasteiger partial charge in [-0.25, -0.2) is 0 Å². The predicted octanol–water partition coefficient (Wildman–Crippen LogP) is 1.58. The highest BCUT2D eigenvalue weighted by atomic mass is 16.5. The van der Waals surface area contributed by atoms with Crippen molar-refractivity contribution in [2.24, 2.45) is 11.8 Å². The third kappa shape index (κ3) is 4.91. The van der Waals surface area contributed by atoms with Gasteiger partial charge < -0.3 is 15.0 Å². The lowest BCUT2D eigenvalue weighted by atomic mass is 9.94. The normalized spacial score (nSPS) is 31.4. The van der Waals surface area contributed by atoms with Gasteiger partial charge in [-0.05, 0) is 52.1 Å². The zero-order chi connectivity index (χ0) is 17.0. The Morgan fingerprint density at radius 3 is 2.43 bits per heavy atom. The minimum absolute atomic E-state index is 0.0165. The Labute approximate surface area is 141 Å². The van der Waals surface area contributed by atoms with Crippen molar-refractivity contribution in [3.05, 3.63) is 0 Å². The molecule has 1 amide bonds. The number of hydrogen-bond donors (Lipinski definition) is 1. The second-order valence-corrected chi connectivity index (χ2v) is 7.75. The fraction of sp³-hybridized carbons (Fsp3) is 0.944. The van der Waals surface area contributed by atoms with E-state index in [0.29, 0.717) is 17.7 Å². The van der Waals surface area contributed by atoms with Crippen molar-refractivity contribution in [1.29, 1.82) is 0 Å². The van der Waals surface area contributed by atoms with Gasteiger partial charge in [0.1, 0.15) is 0 Å². The topological polar surface area (TPSA) is 44.8 Å². The number of piperidine rings is 1. The van der Waals surface area contributed by atoms with Crippen LogP contribution in [0.25, 0.3) is 0 Å². The van der Waals surface area contributed by atoms with Crippen LogP contribution in [0.3, 0.4) is 0 Å². The monoisotopic (exact) mass is 325 g/mol. The van der Waals surface area contributed by atoms with Crippen LogP contribution in [0.4, 0.5) is 0 Å². The lowest BCUT2D eigenvalue weighted by Crippen LogP contribution is -2.58. The molecule has 0 aliphatic carbocycles. The van der Waals surface area contributed by atoms with E-state index < -0.39 is 0 Å². The van der Waals surface area contributed by atoms with Crippen LogP contribution in [-0.2, 0) is 9.53 Å². The van der Waals surface area contributed by atoms with Gasteiger partial charge in [-0.3, -0.25) is 9.69 Å². The molecule has 2 heterocycles. The van der Waals surface area contributed by atoms with Gasteiger partial charge in [-0.15, -0.1) is 0 Å². The third-order valence-electron chi connectivity index (χ3n) is 5.05. The summed E-state index contributed by atoms with van der Waals surface area (Å²) in [7, 11) is 1.99. The second-order valence-electron chi connectivity index (χ2n) is 7.75. The first-order valence-corrected chi connectivity index (χ1v) is 9.25. The standard InChI is InChI=1S/C18H35N3O2/c1-13(2)17(21-10-14(3)23-15(4)11-21)18(22)20-8-6-7-16(12-20)9-19-5/h13-17,19H,6-12H2,1-5H3. The SMILES string of the molecule is CNCC1CCCN(C(=O)C(C(C)C)N2CC(C)OC(C)C2)C1. The van der Waals surface area contributed by atoms with Gasteiger partial charge in [-0.2, -0.15) is 0 Å². The van der Waals surface area contributed by atoms with E-state index in [9.17, 15) is 4.79 Å². The molecule has 0 aromatic rings. The number of nitrogens with zero attached hydrogens (tertiary/aromatic N) is 2. The zero-order valence-electron chi connectivity index (χ0n) is 15.5.